The summed E-state index contributed by atoms with van der Waals surface area (Å²) in [4.78, 5) is 11.7. The molecule has 0 unspecified atom stereocenters. The van der Waals surface area contributed by atoms with Crippen LogP contribution in [0.15, 0.2) is 24.3 Å². The third kappa shape index (κ3) is 7.68. The number of amides is 1. The van der Waals surface area contributed by atoms with Crippen LogP contribution < -0.4 is 20.7 Å². The lowest BCUT2D eigenvalue weighted by molar-refractivity contribution is -0.274. The maximum absolute atomic E-state index is 12.1. The minimum atomic E-state index is -4.73. The van der Waals surface area contributed by atoms with Gasteiger partial charge < -0.3 is 20.7 Å². The van der Waals surface area contributed by atoms with Crippen molar-refractivity contribution in [2.75, 3.05) is 11.9 Å². The molecule has 9 heteroatoms. The SMILES string of the molecule is CCCNC(=O)[C@H](C)NC(=S)Nc1ccc(OC(F)(F)F)cc1. The van der Waals surface area contributed by atoms with E-state index in [1.165, 1.54) is 12.1 Å². The van der Waals surface area contributed by atoms with Crippen LogP contribution in [0.2, 0.25) is 0 Å². The second kappa shape index (κ2) is 8.56. The van der Waals surface area contributed by atoms with Crippen LogP contribution in [0.25, 0.3) is 0 Å². The Morgan fingerprint density at radius 3 is 2.43 bits per heavy atom. The highest BCUT2D eigenvalue weighted by molar-refractivity contribution is 7.80. The van der Waals surface area contributed by atoms with Gasteiger partial charge in [0, 0.05) is 12.2 Å². The molecule has 5 nitrogen and oxygen atoms in total. The molecule has 1 atom stereocenters. The van der Waals surface area contributed by atoms with E-state index in [9.17, 15) is 18.0 Å². The number of nitrogens with one attached hydrogen (secondary N) is 3. The maximum Gasteiger partial charge on any atom is 0.573 e. The Morgan fingerprint density at radius 2 is 1.91 bits per heavy atom. The van der Waals surface area contributed by atoms with E-state index in [1.807, 2.05) is 6.92 Å². The van der Waals surface area contributed by atoms with Crippen molar-refractivity contribution in [3.63, 3.8) is 0 Å². The largest absolute Gasteiger partial charge is 0.573 e. The first-order valence-electron chi connectivity index (χ1n) is 6.92. The van der Waals surface area contributed by atoms with Gasteiger partial charge >= 0.3 is 6.36 Å². The molecule has 0 saturated heterocycles. The monoisotopic (exact) mass is 349 g/mol. The van der Waals surface area contributed by atoms with Crippen molar-refractivity contribution in [1.82, 2.24) is 10.6 Å². The van der Waals surface area contributed by atoms with Gasteiger partial charge in [-0.15, -0.1) is 13.2 Å². The van der Waals surface area contributed by atoms with Crippen LogP contribution in [-0.2, 0) is 4.79 Å². The standard InChI is InChI=1S/C14H18F3N3O2S/c1-3-8-18-12(21)9(2)19-13(23)20-10-4-6-11(7-5-10)22-14(15,16)17/h4-7,9H,3,8H2,1-2H3,(H,18,21)(H2,19,20,23)/t9-/m0/s1. The molecule has 128 valence electrons. The average molecular weight is 349 g/mol. The highest BCUT2D eigenvalue weighted by Crippen LogP contribution is 2.23. The van der Waals surface area contributed by atoms with Gasteiger partial charge in [-0.05, 0) is 49.8 Å². The van der Waals surface area contributed by atoms with Crippen LogP contribution in [0.1, 0.15) is 20.3 Å². The first kappa shape index (κ1) is 19.0. The van der Waals surface area contributed by atoms with Crippen molar-refractivity contribution >= 4 is 28.9 Å². The van der Waals surface area contributed by atoms with Crippen LogP contribution in [0.3, 0.4) is 0 Å². The van der Waals surface area contributed by atoms with Crippen molar-refractivity contribution in [3.05, 3.63) is 24.3 Å². The average Bonchev–Trinajstić information content (AvgIpc) is 2.45. The predicted molar refractivity (Wildman–Crippen MR) is 85.2 cm³/mol. The Morgan fingerprint density at radius 1 is 1.30 bits per heavy atom. The van der Waals surface area contributed by atoms with Crippen LogP contribution in [0.5, 0.6) is 5.75 Å². The van der Waals surface area contributed by atoms with E-state index in [1.54, 1.807) is 6.92 Å². The molecule has 1 aromatic carbocycles. The third-order valence-corrected chi connectivity index (χ3v) is 2.86. The normalized spacial score (nSPS) is 12.2. The molecule has 0 saturated carbocycles. The second-order valence-electron chi connectivity index (χ2n) is 4.68. The van der Waals surface area contributed by atoms with Crippen LogP contribution in [0, 0.1) is 0 Å². The molecule has 0 aliphatic heterocycles. The van der Waals surface area contributed by atoms with E-state index in [0.29, 0.717) is 12.2 Å². The van der Waals surface area contributed by atoms with Gasteiger partial charge in [-0.2, -0.15) is 0 Å². The second-order valence-corrected chi connectivity index (χ2v) is 5.09. The molecule has 1 rings (SSSR count). The topological polar surface area (TPSA) is 62.4 Å². The van der Waals surface area contributed by atoms with Gasteiger partial charge in [0.1, 0.15) is 11.8 Å². The summed E-state index contributed by atoms with van der Waals surface area (Å²) in [5, 5.41) is 8.47. The Hall–Kier alpha value is -2.03. The van der Waals surface area contributed by atoms with Crippen molar-refractivity contribution in [2.24, 2.45) is 0 Å². The molecule has 0 aromatic heterocycles. The molecule has 0 radical (unpaired) electrons. The summed E-state index contributed by atoms with van der Waals surface area (Å²) >= 11 is 5.05. The summed E-state index contributed by atoms with van der Waals surface area (Å²) in [5.74, 6) is -0.515. The predicted octanol–water partition coefficient (Wildman–Crippen LogP) is 2.79. The van der Waals surface area contributed by atoms with E-state index < -0.39 is 12.4 Å². The smallest absolute Gasteiger partial charge is 0.406 e. The van der Waals surface area contributed by atoms with Gasteiger partial charge in [-0.25, -0.2) is 0 Å². The molecule has 1 amide bonds. The zero-order valence-corrected chi connectivity index (χ0v) is 13.5. The molecule has 1 aromatic rings. The number of benzene rings is 1. The van der Waals surface area contributed by atoms with E-state index in [0.717, 1.165) is 18.6 Å². The molecule has 23 heavy (non-hydrogen) atoms. The van der Waals surface area contributed by atoms with E-state index in [-0.39, 0.29) is 16.8 Å². The van der Waals surface area contributed by atoms with Gasteiger partial charge in [-0.3, -0.25) is 4.79 Å². The summed E-state index contributed by atoms with van der Waals surface area (Å²) in [6.07, 6.45) is -3.90. The number of anilines is 1. The summed E-state index contributed by atoms with van der Waals surface area (Å²) < 4.78 is 39.9. The van der Waals surface area contributed by atoms with Crippen LogP contribution in [-0.4, -0.2) is 30.0 Å². The van der Waals surface area contributed by atoms with E-state index in [4.69, 9.17) is 12.2 Å². The molecule has 3 N–H and O–H groups in total. The quantitative estimate of drug-likeness (QED) is 0.690. The van der Waals surface area contributed by atoms with Crippen molar-refractivity contribution in [1.29, 1.82) is 0 Å². The molecular formula is C14H18F3N3O2S. The Balaban J connectivity index is 2.49. The first-order valence-corrected chi connectivity index (χ1v) is 7.33. The minimum Gasteiger partial charge on any atom is -0.406 e. The molecule has 0 bridgehead atoms. The lowest BCUT2D eigenvalue weighted by Crippen LogP contribution is -2.46. The summed E-state index contributed by atoms with van der Waals surface area (Å²) in [7, 11) is 0. The van der Waals surface area contributed by atoms with Crippen molar-refractivity contribution in [2.45, 2.75) is 32.7 Å². The number of carbonyl (C=O) groups excluding carboxylic acids is 1. The zero-order chi connectivity index (χ0) is 17.5. The van der Waals surface area contributed by atoms with E-state index in [2.05, 4.69) is 20.7 Å². The first-order chi connectivity index (χ1) is 10.7. The number of alkyl halides is 3. The Labute approximate surface area is 137 Å². The Kier molecular flexibility index (Phi) is 7.08. The molecule has 0 aliphatic rings. The fraction of sp³-hybridized carbons (Fsp3) is 0.429. The number of ether oxygens (including phenoxy) is 1. The number of carbonyl (C=O) groups is 1. The highest BCUT2D eigenvalue weighted by Gasteiger charge is 2.30. The summed E-state index contributed by atoms with van der Waals surface area (Å²) in [5.41, 5.74) is 0.471. The Bertz CT molecular complexity index is 535. The van der Waals surface area contributed by atoms with Crippen LogP contribution >= 0.6 is 12.2 Å². The number of thiocarbonyl (C=S) groups is 1. The van der Waals surface area contributed by atoms with Gasteiger partial charge in [0.05, 0.1) is 0 Å². The molecule has 0 aliphatic carbocycles. The van der Waals surface area contributed by atoms with Gasteiger partial charge in [0.15, 0.2) is 5.11 Å². The molecular weight excluding hydrogens is 331 g/mol. The molecule has 0 spiro atoms. The van der Waals surface area contributed by atoms with Gasteiger partial charge in [0.2, 0.25) is 5.91 Å². The molecule has 0 heterocycles. The van der Waals surface area contributed by atoms with Crippen LogP contribution in [0.4, 0.5) is 18.9 Å². The fourth-order valence-electron chi connectivity index (χ4n) is 1.57. The lowest BCUT2D eigenvalue weighted by Gasteiger charge is -2.17. The number of rotatable bonds is 6. The van der Waals surface area contributed by atoms with Crippen molar-refractivity contribution in [3.8, 4) is 5.75 Å². The fourth-order valence-corrected chi connectivity index (χ4v) is 1.87. The summed E-state index contributed by atoms with van der Waals surface area (Å²) in [6.45, 7) is 4.17. The minimum absolute atomic E-state index is 0.189. The molecule has 0 fully saturated rings. The van der Waals surface area contributed by atoms with Gasteiger partial charge in [-0.1, -0.05) is 6.92 Å². The van der Waals surface area contributed by atoms with Gasteiger partial charge in [0.25, 0.3) is 0 Å². The number of halogens is 3. The number of hydrogen-bond acceptors (Lipinski definition) is 3. The third-order valence-electron chi connectivity index (χ3n) is 2.64. The van der Waals surface area contributed by atoms with Crippen molar-refractivity contribution < 1.29 is 22.7 Å². The number of hydrogen-bond donors (Lipinski definition) is 3. The maximum atomic E-state index is 12.1. The highest BCUT2D eigenvalue weighted by atomic mass is 32.1. The zero-order valence-electron chi connectivity index (χ0n) is 12.7. The summed E-state index contributed by atoms with van der Waals surface area (Å²) in [6, 6.07) is 4.56. The lowest BCUT2D eigenvalue weighted by atomic mass is 10.3. The van der Waals surface area contributed by atoms with E-state index >= 15 is 0 Å².